The number of aromatic nitrogens is 1. The van der Waals surface area contributed by atoms with E-state index in [4.69, 9.17) is 9.47 Å². The van der Waals surface area contributed by atoms with Crippen LogP contribution >= 0.6 is 0 Å². The van der Waals surface area contributed by atoms with Crippen LogP contribution in [0.2, 0.25) is 0 Å². The summed E-state index contributed by atoms with van der Waals surface area (Å²) >= 11 is 0. The molecule has 36 heavy (non-hydrogen) atoms. The molecule has 0 saturated heterocycles. The highest BCUT2D eigenvalue weighted by Crippen LogP contribution is 2.39. The standard InChI is InChI=1S/C27H33N3O6/c1-17(2)10-11-29(26-22(35-4)12-18(3)13-23(26)36-5)24(31)15-28-27(34)21-14-19-8-6-7-9-20(19)30(21)16-25(32)33/h6-9,12-14,17H,10-11,15-16H2,1-5H3,(H,28,34)(H,32,33). The molecule has 0 unspecified atom stereocenters. The third-order valence-electron chi connectivity index (χ3n) is 5.86. The number of benzene rings is 2. The van der Waals surface area contributed by atoms with Crippen molar-refractivity contribution < 1.29 is 29.0 Å². The number of amides is 2. The number of nitrogens with zero attached hydrogens (tertiary/aromatic N) is 2. The van der Waals surface area contributed by atoms with Gasteiger partial charge in [0.2, 0.25) is 5.91 Å². The zero-order valence-corrected chi connectivity index (χ0v) is 21.3. The molecule has 1 aromatic heterocycles. The summed E-state index contributed by atoms with van der Waals surface area (Å²) in [5.74, 6) is -0.615. The zero-order valence-electron chi connectivity index (χ0n) is 21.3. The molecule has 0 bridgehead atoms. The number of hydrogen-bond donors (Lipinski definition) is 2. The maximum Gasteiger partial charge on any atom is 0.323 e. The fourth-order valence-corrected chi connectivity index (χ4v) is 4.09. The van der Waals surface area contributed by atoms with Gasteiger partial charge in [-0.3, -0.25) is 14.4 Å². The Hall–Kier alpha value is -4.01. The van der Waals surface area contributed by atoms with E-state index in [2.05, 4.69) is 19.2 Å². The largest absolute Gasteiger partial charge is 0.494 e. The molecule has 0 atom stereocenters. The van der Waals surface area contributed by atoms with Gasteiger partial charge in [0.1, 0.15) is 29.4 Å². The number of anilines is 1. The van der Waals surface area contributed by atoms with E-state index in [0.29, 0.717) is 35.2 Å². The highest BCUT2D eigenvalue weighted by molar-refractivity contribution is 6.03. The predicted molar refractivity (Wildman–Crippen MR) is 138 cm³/mol. The first-order valence-electron chi connectivity index (χ1n) is 11.8. The van der Waals surface area contributed by atoms with Gasteiger partial charge < -0.3 is 29.4 Å². The normalized spacial score (nSPS) is 10.9. The summed E-state index contributed by atoms with van der Waals surface area (Å²) in [6.07, 6.45) is 0.729. The molecule has 1 heterocycles. The van der Waals surface area contributed by atoms with Crippen LogP contribution in [0.3, 0.4) is 0 Å². The summed E-state index contributed by atoms with van der Waals surface area (Å²) in [7, 11) is 3.07. The van der Waals surface area contributed by atoms with E-state index in [1.165, 1.54) is 18.8 Å². The molecule has 9 nitrogen and oxygen atoms in total. The number of hydrogen-bond acceptors (Lipinski definition) is 5. The fourth-order valence-electron chi connectivity index (χ4n) is 4.09. The summed E-state index contributed by atoms with van der Waals surface area (Å²) in [4.78, 5) is 39.5. The molecule has 0 radical (unpaired) electrons. The summed E-state index contributed by atoms with van der Waals surface area (Å²) in [5, 5.41) is 12.8. The average Bonchev–Trinajstić information content (AvgIpc) is 3.20. The minimum atomic E-state index is -1.07. The van der Waals surface area contributed by atoms with Crippen molar-refractivity contribution in [3.05, 3.63) is 53.7 Å². The maximum atomic E-state index is 13.4. The van der Waals surface area contributed by atoms with E-state index in [1.54, 1.807) is 29.2 Å². The number of nitrogens with one attached hydrogen (secondary N) is 1. The second-order valence-corrected chi connectivity index (χ2v) is 9.00. The van der Waals surface area contributed by atoms with Crippen LogP contribution in [0.15, 0.2) is 42.5 Å². The minimum Gasteiger partial charge on any atom is -0.494 e. The van der Waals surface area contributed by atoms with Crippen molar-refractivity contribution in [3.8, 4) is 11.5 Å². The van der Waals surface area contributed by atoms with Crippen LogP contribution in [0.5, 0.6) is 11.5 Å². The molecule has 2 aromatic carbocycles. The molecule has 3 aromatic rings. The Balaban J connectivity index is 1.89. The molecule has 2 amide bonds. The second-order valence-electron chi connectivity index (χ2n) is 9.00. The van der Waals surface area contributed by atoms with Crippen LogP contribution in [0.4, 0.5) is 5.69 Å². The van der Waals surface area contributed by atoms with Gasteiger partial charge in [0.05, 0.1) is 20.8 Å². The second kappa shape index (κ2) is 11.6. The molecule has 0 saturated carbocycles. The molecule has 0 spiro atoms. The van der Waals surface area contributed by atoms with Gasteiger partial charge in [-0.2, -0.15) is 0 Å². The van der Waals surface area contributed by atoms with Crippen molar-refractivity contribution in [1.82, 2.24) is 9.88 Å². The lowest BCUT2D eigenvalue weighted by molar-refractivity contribution is -0.137. The van der Waals surface area contributed by atoms with Crippen molar-refractivity contribution in [3.63, 3.8) is 0 Å². The number of carbonyl (C=O) groups excluding carboxylic acids is 2. The number of fused-ring (bicyclic) bond motifs is 1. The number of carbonyl (C=O) groups is 3. The number of carboxylic acid groups (broad SMARTS) is 1. The highest BCUT2D eigenvalue weighted by Gasteiger charge is 2.25. The van der Waals surface area contributed by atoms with E-state index in [1.807, 2.05) is 25.1 Å². The topological polar surface area (TPSA) is 110 Å². The monoisotopic (exact) mass is 495 g/mol. The molecule has 3 rings (SSSR count). The summed E-state index contributed by atoms with van der Waals surface area (Å²) in [6.45, 7) is 5.78. The molecular formula is C27H33N3O6. The lowest BCUT2D eigenvalue weighted by atomic mass is 10.1. The SMILES string of the molecule is COc1cc(C)cc(OC)c1N(CCC(C)C)C(=O)CNC(=O)c1cc2ccccc2n1CC(=O)O. The van der Waals surface area contributed by atoms with Crippen molar-refractivity contribution in [2.45, 2.75) is 33.7 Å². The van der Waals surface area contributed by atoms with Crippen LogP contribution in [0.25, 0.3) is 10.9 Å². The lowest BCUT2D eigenvalue weighted by Gasteiger charge is -2.27. The fraction of sp³-hybridized carbons (Fsp3) is 0.370. The highest BCUT2D eigenvalue weighted by atomic mass is 16.5. The molecule has 0 aliphatic heterocycles. The van der Waals surface area contributed by atoms with E-state index >= 15 is 0 Å². The van der Waals surface area contributed by atoms with Crippen molar-refractivity contribution >= 4 is 34.4 Å². The van der Waals surface area contributed by atoms with Crippen LogP contribution in [0.1, 0.15) is 36.3 Å². The number of carboxylic acids is 1. The number of aliphatic carboxylic acids is 1. The van der Waals surface area contributed by atoms with E-state index in [-0.39, 0.29) is 24.7 Å². The number of methoxy groups -OCH3 is 2. The molecule has 0 aliphatic carbocycles. The quantitative estimate of drug-likeness (QED) is 0.418. The van der Waals surface area contributed by atoms with E-state index < -0.39 is 11.9 Å². The third-order valence-corrected chi connectivity index (χ3v) is 5.86. The Kier molecular flexibility index (Phi) is 8.58. The van der Waals surface area contributed by atoms with Gasteiger partial charge in [-0.1, -0.05) is 32.0 Å². The number of aryl methyl sites for hydroxylation is 1. The van der Waals surface area contributed by atoms with Crippen molar-refractivity contribution in [2.24, 2.45) is 5.92 Å². The van der Waals surface area contributed by atoms with Crippen LogP contribution < -0.4 is 19.7 Å². The van der Waals surface area contributed by atoms with Crippen LogP contribution in [-0.4, -0.2) is 54.8 Å². The maximum absolute atomic E-state index is 13.4. The van der Waals surface area contributed by atoms with Gasteiger partial charge in [-0.25, -0.2) is 0 Å². The van der Waals surface area contributed by atoms with E-state index in [0.717, 1.165) is 17.4 Å². The Morgan fingerprint density at radius 2 is 1.69 bits per heavy atom. The third kappa shape index (κ3) is 5.97. The van der Waals surface area contributed by atoms with Gasteiger partial charge in [-0.15, -0.1) is 0 Å². The Labute approximate surface area is 210 Å². The van der Waals surface area contributed by atoms with Gasteiger partial charge in [0, 0.05) is 17.4 Å². The average molecular weight is 496 g/mol. The zero-order chi connectivity index (χ0) is 26.4. The first-order chi connectivity index (χ1) is 17.2. The lowest BCUT2D eigenvalue weighted by Crippen LogP contribution is -2.42. The molecule has 9 heteroatoms. The Morgan fingerprint density at radius 1 is 1.06 bits per heavy atom. The van der Waals surface area contributed by atoms with Gasteiger partial charge in [0.25, 0.3) is 5.91 Å². The minimum absolute atomic E-state index is 0.172. The molecule has 2 N–H and O–H groups in total. The summed E-state index contributed by atoms with van der Waals surface area (Å²) in [5.41, 5.74) is 2.23. The van der Waals surface area contributed by atoms with Crippen molar-refractivity contribution in [2.75, 3.05) is 32.2 Å². The van der Waals surface area contributed by atoms with Gasteiger partial charge >= 0.3 is 5.97 Å². The number of rotatable bonds is 11. The van der Waals surface area contributed by atoms with Crippen LogP contribution in [0, 0.1) is 12.8 Å². The number of para-hydroxylation sites is 1. The smallest absolute Gasteiger partial charge is 0.323 e. The summed E-state index contributed by atoms with van der Waals surface area (Å²) < 4.78 is 12.6. The molecule has 0 aliphatic rings. The predicted octanol–water partition coefficient (Wildman–Crippen LogP) is 3.86. The van der Waals surface area contributed by atoms with Gasteiger partial charge in [-0.05, 0) is 49.1 Å². The molecular weight excluding hydrogens is 462 g/mol. The molecule has 0 fully saturated rings. The number of ether oxygens (including phenoxy) is 2. The van der Waals surface area contributed by atoms with Crippen LogP contribution in [-0.2, 0) is 16.1 Å². The first-order valence-corrected chi connectivity index (χ1v) is 11.8. The van der Waals surface area contributed by atoms with Gasteiger partial charge in [0.15, 0.2) is 0 Å². The first kappa shape index (κ1) is 26.6. The Morgan fingerprint density at radius 3 is 2.28 bits per heavy atom. The van der Waals surface area contributed by atoms with E-state index in [9.17, 15) is 19.5 Å². The van der Waals surface area contributed by atoms with Crippen molar-refractivity contribution in [1.29, 1.82) is 0 Å². The summed E-state index contributed by atoms with van der Waals surface area (Å²) in [6, 6.07) is 12.4. The Bertz CT molecular complexity index is 1240. The molecule has 192 valence electrons.